The molecule has 1 atom stereocenters. The fourth-order valence-electron chi connectivity index (χ4n) is 1.44. The number of ether oxygens (including phenoxy) is 1. The molecule has 16 heavy (non-hydrogen) atoms. The summed E-state index contributed by atoms with van der Waals surface area (Å²) in [6.45, 7) is 1.92. The van der Waals surface area contributed by atoms with Crippen molar-refractivity contribution in [3.8, 4) is 5.75 Å². The summed E-state index contributed by atoms with van der Waals surface area (Å²) in [5.41, 5.74) is 0.943. The van der Waals surface area contributed by atoms with E-state index in [1.54, 1.807) is 18.2 Å². The van der Waals surface area contributed by atoms with Gasteiger partial charge in [-0.2, -0.15) is 0 Å². The van der Waals surface area contributed by atoms with Crippen LogP contribution in [-0.4, -0.2) is 0 Å². The lowest BCUT2D eigenvalue weighted by Crippen LogP contribution is -2.02. The van der Waals surface area contributed by atoms with Crippen molar-refractivity contribution >= 4 is 0 Å². The highest BCUT2D eigenvalue weighted by atomic mass is 19.1. The molecule has 0 aromatic heterocycles. The van der Waals surface area contributed by atoms with Gasteiger partial charge in [-0.05, 0) is 30.7 Å². The zero-order chi connectivity index (χ0) is 11.4. The average Bonchev–Trinajstić information content (AvgIpc) is 2.31. The first-order valence-electron chi connectivity index (χ1n) is 5.14. The fourth-order valence-corrected chi connectivity index (χ4v) is 1.44. The predicted octanol–water partition coefficient (Wildman–Crippen LogP) is 3.77. The lowest BCUT2D eigenvalue weighted by Gasteiger charge is -2.14. The van der Waals surface area contributed by atoms with Crippen molar-refractivity contribution in [1.82, 2.24) is 0 Å². The van der Waals surface area contributed by atoms with Gasteiger partial charge in [-0.25, -0.2) is 4.39 Å². The summed E-state index contributed by atoms with van der Waals surface area (Å²) < 4.78 is 18.4. The molecule has 1 nitrogen and oxygen atoms in total. The molecule has 0 aliphatic carbocycles. The van der Waals surface area contributed by atoms with Gasteiger partial charge in [-0.15, -0.1) is 0 Å². The lowest BCUT2D eigenvalue weighted by molar-refractivity contribution is 0.226. The standard InChI is InChI=1S/C14H12FO/c1-11(12-7-9-13(15)10-8-12)16-14-5-3-2-4-6-14/h2-5,7-11H,1H3. The molecule has 2 heteroatoms. The van der Waals surface area contributed by atoms with Crippen molar-refractivity contribution in [2.24, 2.45) is 0 Å². The first kappa shape index (κ1) is 10.7. The van der Waals surface area contributed by atoms with Crippen LogP contribution in [0.5, 0.6) is 5.75 Å². The highest BCUT2D eigenvalue weighted by Gasteiger charge is 2.06. The third kappa shape index (κ3) is 2.60. The maximum absolute atomic E-state index is 12.7. The molecule has 1 radical (unpaired) electrons. The van der Waals surface area contributed by atoms with E-state index in [1.807, 2.05) is 25.1 Å². The van der Waals surface area contributed by atoms with Gasteiger partial charge in [0.25, 0.3) is 0 Å². The number of benzene rings is 2. The first-order valence-corrected chi connectivity index (χ1v) is 5.14. The van der Waals surface area contributed by atoms with Crippen molar-refractivity contribution in [3.05, 3.63) is 66.0 Å². The summed E-state index contributed by atoms with van der Waals surface area (Å²) >= 11 is 0. The molecule has 1 unspecified atom stereocenters. The maximum atomic E-state index is 12.7. The third-order valence-corrected chi connectivity index (χ3v) is 2.32. The van der Waals surface area contributed by atoms with Crippen LogP contribution in [0.3, 0.4) is 0 Å². The van der Waals surface area contributed by atoms with Crippen LogP contribution in [0.1, 0.15) is 18.6 Å². The highest BCUT2D eigenvalue weighted by Crippen LogP contribution is 2.20. The molecule has 0 spiro atoms. The molecule has 0 heterocycles. The molecule has 0 amide bonds. The molecule has 0 N–H and O–H groups in total. The highest BCUT2D eigenvalue weighted by molar-refractivity contribution is 5.23. The van der Waals surface area contributed by atoms with E-state index < -0.39 is 0 Å². The second-order valence-electron chi connectivity index (χ2n) is 3.54. The molecule has 2 rings (SSSR count). The first-order chi connectivity index (χ1) is 7.75. The Morgan fingerprint density at radius 3 is 2.50 bits per heavy atom. The quantitative estimate of drug-likeness (QED) is 0.757. The Labute approximate surface area is 94.5 Å². The summed E-state index contributed by atoms with van der Waals surface area (Å²) in [6, 6.07) is 16.7. The minimum Gasteiger partial charge on any atom is -0.485 e. The Balaban J connectivity index is 2.09. The minimum absolute atomic E-state index is 0.112. The van der Waals surface area contributed by atoms with E-state index in [1.165, 1.54) is 12.1 Å². The number of hydrogen-bond acceptors (Lipinski definition) is 1. The van der Waals surface area contributed by atoms with Crippen molar-refractivity contribution < 1.29 is 9.13 Å². The molecule has 0 bridgehead atoms. The second-order valence-corrected chi connectivity index (χ2v) is 3.54. The molecular weight excluding hydrogens is 203 g/mol. The van der Waals surface area contributed by atoms with E-state index in [-0.39, 0.29) is 11.9 Å². The number of para-hydroxylation sites is 1. The van der Waals surface area contributed by atoms with Gasteiger partial charge in [-0.1, -0.05) is 30.3 Å². The SMILES string of the molecule is CC(Oc1[c]cccc1)c1ccc(F)cc1. The lowest BCUT2D eigenvalue weighted by atomic mass is 10.1. The molecule has 0 fully saturated rings. The van der Waals surface area contributed by atoms with Gasteiger partial charge < -0.3 is 4.74 Å². The van der Waals surface area contributed by atoms with Crippen LogP contribution >= 0.6 is 0 Å². The Kier molecular flexibility index (Phi) is 3.20. The molecule has 0 saturated carbocycles. The molecule has 0 saturated heterocycles. The zero-order valence-electron chi connectivity index (χ0n) is 8.98. The van der Waals surface area contributed by atoms with Crippen LogP contribution in [0.15, 0.2) is 48.5 Å². The van der Waals surface area contributed by atoms with Gasteiger partial charge in [-0.3, -0.25) is 0 Å². The van der Waals surface area contributed by atoms with Crippen molar-refractivity contribution in [2.45, 2.75) is 13.0 Å². The molecule has 2 aromatic rings. The average molecular weight is 215 g/mol. The van der Waals surface area contributed by atoms with Crippen LogP contribution in [0.2, 0.25) is 0 Å². The van der Waals surface area contributed by atoms with Crippen LogP contribution in [-0.2, 0) is 0 Å². The van der Waals surface area contributed by atoms with E-state index >= 15 is 0 Å². The van der Waals surface area contributed by atoms with Gasteiger partial charge >= 0.3 is 0 Å². The number of hydrogen-bond donors (Lipinski definition) is 0. The zero-order valence-corrected chi connectivity index (χ0v) is 8.98. The van der Waals surface area contributed by atoms with Gasteiger partial charge in [0.2, 0.25) is 0 Å². The van der Waals surface area contributed by atoms with E-state index in [4.69, 9.17) is 4.74 Å². The van der Waals surface area contributed by atoms with E-state index in [2.05, 4.69) is 6.07 Å². The van der Waals surface area contributed by atoms with Crippen LogP contribution in [0.4, 0.5) is 4.39 Å². The van der Waals surface area contributed by atoms with Crippen LogP contribution < -0.4 is 4.74 Å². The molecule has 0 aliphatic rings. The summed E-state index contributed by atoms with van der Waals surface area (Å²) in [5, 5.41) is 0. The molecule has 0 aliphatic heterocycles. The van der Waals surface area contributed by atoms with Gasteiger partial charge in [0.1, 0.15) is 17.7 Å². The van der Waals surface area contributed by atoms with Gasteiger partial charge in [0.05, 0.1) is 0 Å². The Morgan fingerprint density at radius 2 is 1.88 bits per heavy atom. The summed E-state index contributed by atoms with van der Waals surface area (Å²) in [5.74, 6) is 0.460. The minimum atomic E-state index is -0.234. The van der Waals surface area contributed by atoms with Crippen molar-refractivity contribution in [2.75, 3.05) is 0 Å². The summed E-state index contributed by atoms with van der Waals surface area (Å²) in [7, 11) is 0. The Bertz CT molecular complexity index is 436. The van der Waals surface area contributed by atoms with Crippen molar-refractivity contribution in [1.29, 1.82) is 0 Å². The van der Waals surface area contributed by atoms with E-state index in [0.29, 0.717) is 5.75 Å². The monoisotopic (exact) mass is 215 g/mol. The largest absolute Gasteiger partial charge is 0.485 e. The van der Waals surface area contributed by atoms with Crippen LogP contribution in [0.25, 0.3) is 0 Å². The smallest absolute Gasteiger partial charge is 0.128 e. The van der Waals surface area contributed by atoms with E-state index in [0.717, 1.165) is 5.56 Å². The Morgan fingerprint density at radius 1 is 1.12 bits per heavy atom. The van der Waals surface area contributed by atoms with Crippen molar-refractivity contribution in [3.63, 3.8) is 0 Å². The van der Waals surface area contributed by atoms with E-state index in [9.17, 15) is 4.39 Å². The topological polar surface area (TPSA) is 9.23 Å². The number of rotatable bonds is 3. The molecular formula is C14H12FO. The maximum Gasteiger partial charge on any atom is 0.128 e. The predicted molar refractivity (Wildman–Crippen MR) is 60.7 cm³/mol. The third-order valence-electron chi connectivity index (χ3n) is 2.32. The van der Waals surface area contributed by atoms with Gasteiger partial charge in [0.15, 0.2) is 0 Å². The summed E-state index contributed by atoms with van der Waals surface area (Å²) in [6.07, 6.45) is -0.112. The Hall–Kier alpha value is -1.83. The molecule has 81 valence electrons. The van der Waals surface area contributed by atoms with Gasteiger partial charge in [0, 0.05) is 6.07 Å². The second kappa shape index (κ2) is 4.79. The normalized spacial score (nSPS) is 12.1. The fraction of sp³-hybridized carbons (Fsp3) is 0.143. The number of halogens is 1. The summed E-state index contributed by atoms with van der Waals surface area (Å²) in [4.78, 5) is 0. The van der Waals surface area contributed by atoms with Crippen LogP contribution in [0, 0.1) is 11.9 Å². The molecule has 2 aromatic carbocycles.